The minimum atomic E-state index is -1.56. The van der Waals surface area contributed by atoms with E-state index in [0.717, 1.165) is 19.3 Å². The highest BCUT2D eigenvalue weighted by Gasteiger charge is 2.44. The summed E-state index contributed by atoms with van der Waals surface area (Å²) >= 11 is 0. The third kappa shape index (κ3) is 24.6. The molecule has 6 N–H and O–H groups in total. The molecule has 1 heterocycles. The number of amides is 1. The van der Waals surface area contributed by atoms with Crippen molar-refractivity contribution in [3.8, 4) is 0 Å². The molecule has 0 bridgehead atoms. The summed E-state index contributed by atoms with van der Waals surface area (Å²) in [6.45, 7) is 3.39. The maximum atomic E-state index is 12.3. The Balaban J connectivity index is 2.07. The number of unbranched alkanes of at least 4 members (excludes halogenated alkanes) is 22. The van der Waals surface area contributed by atoms with E-state index in [4.69, 9.17) is 9.47 Å². The predicted molar refractivity (Wildman–Crippen MR) is 207 cm³/mol. The van der Waals surface area contributed by atoms with Gasteiger partial charge in [-0.2, -0.15) is 0 Å². The molecule has 0 aromatic carbocycles. The van der Waals surface area contributed by atoms with Crippen LogP contribution in [0, 0.1) is 0 Å². The third-order valence-electron chi connectivity index (χ3n) is 10.00. The van der Waals surface area contributed by atoms with Crippen molar-refractivity contribution in [1.82, 2.24) is 5.32 Å². The fourth-order valence-corrected chi connectivity index (χ4v) is 6.63. The van der Waals surface area contributed by atoms with Crippen molar-refractivity contribution in [1.29, 1.82) is 0 Å². The average Bonchev–Trinajstić information content (AvgIpc) is 3.12. The first-order valence-electron chi connectivity index (χ1n) is 21.1. The van der Waals surface area contributed by atoms with Crippen LogP contribution in [0.15, 0.2) is 24.3 Å². The first-order chi connectivity index (χ1) is 24.8. The molecule has 0 radical (unpaired) electrons. The van der Waals surface area contributed by atoms with Crippen LogP contribution >= 0.6 is 0 Å². The molecule has 0 aromatic heterocycles. The van der Waals surface area contributed by atoms with Crippen LogP contribution in [0.25, 0.3) is 0 Å². The van der Waals surface area contributed by atoms with Gasteiger partial charge in [0.25, 0.3) is 0 Å². The number of hydrogen-bond donors (Lipinski definition) is 6. The van der Waals surface area contributed by atoms with E-state index in [1.54, 1.807) is 6.08 Å². The predicted octanol–water partition coefficient (Wildman–Crippen LogP) is 7.94. The zero-order chi connectivity index (χ0) is 37.4. The molecule has 9 nitrogen and oxygen atoms in total. The summed E-state index contributed by atoms with van der Waals surface area (Å²) in [6.07, 6.45) is 32.8. The number of aliphatic hydroxyl groups is 5. The highest BCUT2D eigenvalue weighted by atomic mass is 16.7. The van der Waals surface area contributed by atoms with E-state index >= 15 is 0 Å². The average molecular weight is 726 g/mol. The van der Waals surface area contributed by atoms with Gasteiger partial charge in [-0.25, -0.2) is 0 Å². The lowest BCUT2D eigenvalue weighted by Crippen LogP contribution is -2.60. The molecule has 7 atom stereocenters. The molecule has 1 rings (SSSR count). The summed E-state index contributed by atoms with van der Waals surface area (Å²) in [5.41, 5.74) is 0. The van der Waals surface area contributed by atoms with Crippen molar-refractivity contribution in [3.63, 3.8) is 0 Å². The van der Waals surface area contributed by atoms with Crippen LogP contribution < -0.4 is 5.32 Å². The summed E-state index contributed by atoms with van der Waals surface area (Å²) in [6, 6.07) is -0.813. The summed E-state index contributed by atoms with van der Waals surface area (Å²) in [5.74, 6) is -0.240. The van der Waals surface area contributed by atoms with Crippen LogP contribution in [0.5, 0.6) is 0 Å². The maximum Gasteiger partial charge on any atom is 0.220 e. The normalized spacial score (nSPS) is 22.2. The van der Waals surface area contributed by atoms with E-state index in [-0.39, 0.29) is 18.9 Å². The monoisotopic (exact) mass is 726 g/mol. The second-order valence-electron chi connectivity index (χ2n) is 14.8. The van der Waals surface area contributed by atoms with E-state index in [2.05, 4.69) is 24.4 Å². The molecule has 9 heteroatoms. The molecule has 0 aliphatic carbocycles. The van der Waals surface area contributed by atoms with E-state index in [9.17, 15) is 30.3 Å². The van der Waals surface area contributed by atoms with Gasteiger partial charge >= 0.3 is 0 Å². The second-order valence-corrected chi connectivity index (χ2v) is 14.8. The van der Waals surface area contributed by atoms with Crippen LogP contribution in [0.1, 0.15) is 181 Å². The molecule has 1 amide bonds. The molecular formula is C42H79NO8. The smallest absolute Gasteiger partial charge is 0.220 e. The number of nitrogens with one attached hydrogen (secondary N) is 1. The number of ether oxygens (including phenoxy) is 2. The van der Waals surface area contributed by atoms with Gasteiger partial charge in [0.15, 0.2) is 6.29 Å². The largest absolute Gasteiger partial charge is 0.394 e. The Morgan fingerprint density at radius 3 is 1.61 bits per heavy atom. The van der Waals surface area contributed by atoms with Crippen LogP contribution in [0.2, 0.25) is 0 Å². The molecular weight excluding hydrogens is 646 g/mol. The first-order valence-corrected chi connectivity index (χ1v) is 21.1. The Morgan fingerprint density at radius 2 is 1.12 bits per heavy atom. The van der Waals surface area contributed by atoms with Crippen LogP contribution in [-0.4, -0.2) is 87.5 Å². The maximum absolute atomic E-state index is 12.3. The quantitative estimate of drug-likeness (QED) is 0.0289. The summed E-state index contributed by atoms with van der Waals surface area (Å²) in [4.78, 5) is 12.3. The number of hydrogen-bond acceptors (Lipinski definition) is 8. The molecule has 1 saturated heterocycles. The summed E-state index contributed by atoms with van der Waals surface area (Å²) in [7, 11) is 0. The molecule has 300 valence electrons. The minimum Gasteiger partial charge on any atom is -0.394 e. The van der Waals surface area contributed by atoms with Crippen LogP contribution in [0.3, 0.4) is 0 Å². The van der Waals surface area contributed by atoms with Gasteiger partial charge in [0.1, 0.15) is 24.4 Å². The fraction of sp³-hybridized carbons (Fsp3) is 0.881. The zero-order valence-electron chi connectivity index (χ0n) is 32.6. The lowest BCUT2D eigenvalue weighted by molar-refractivity contribution is -0.302. The highest BCUT2D eigenvalue weighted by molar-refractivity contribution is 5.76. The SMILES string of the molecule is CCCCCCCCCCCCCCCCCCCCCCC/C=C/CC/C=C/C(O)C(COC1OC(CO)C(O)C(O)C1O)NC(=O)CCC. The Hall–Kier alpha value is -1.33. The van der Waals surface area contributed by atoms with Gasteiger partial charge in [0.05, 0.1) is 25.4 Å². The van der Waals surface area contributed by atoms with Crippen LogP contribution in [0.4, 0.5) is 0 Å². The topological polar surface area (TPSA) is 149 Å². The van der Waals surface area contributed by atoms with E-state index in [1.165, 1.54) is 135 Å². The molecule has 0 aromatic rings. The van der Waals surface area contributed by atoms with Crippen molar-refractivity contribution < 1.29 is 39.8 Å². The Morgan fingerprint density at radius 1 is 0.647 bits per heavy atom. The molecule has 1 aliphatic rings. The second kappa shape index (κ2) is 33.3. The fourth-order valence-electron chi connectivity index (χ4n) is 6.63. The van der Waals surface area contributed by atoms with Gasteiger partial charge < -0.3 is 40.3 Å². The summed E-state index contributed by atoms with van der Waals surface area (Å²) < 4.78 is 11.0. The molecule has 0 spiro atoms. The van der Waals surface area contributed by atoms with Crippen molar-refractivity contribution in [2.24, 2.45) is 0 Å². The number of carbonyl (C=O) groups excluding carboxylic acids is 1. The minimum absolute atomic E-state index is 0.205. The Kier molecular flexibility index (Phi) is 31.1. The highest BCUT2D eigenvalue weighted by Crippen LogP contribution is 2.22. The first kappa shape index (κ1) is 47.7. The lowest BCUT2D eigenvalue weighted by Gasteiger charge is -2.40. The van der Waals surface area contributed by atoms with E-state index in [1.807, 2.05) is 13.0 Å². The molecule has 51 heavy (non-hydrogen) atoms. The number of rotatable bonds is 34. The Labute approximate surface area is 311 Å². The molecule has 7 unspecified atom stereocenters. The standard InChI is InChI=1S/C42H79NO8/c1-3-5-6-7-8-9-10-11-12-13-14-15-16-17-18-19-20-21-22-23-24-25-26-27-28-29-30-32-36(45)35(43-38(46)31-4-2)34-50-42-41(49)40(48)39(47)37(33-44)51-42/h26-27,30,32,35-37,39-42,44-45,47-49H,3-25,28-29,31,33-34H2,1-2H3,(H,43,46)/b27-26+,32-30+. The van der Waals surface area contributed by atoms with Crippen molar-refractivity contribution >= 4 is 5.91 Å². The third-order valence-corrected chi connectivity index (χ3v) is 10.00. The lowest BCUT2D eigenvalue weighted by atomic mass is 9.99. The van der Waals surface area contributed by atoms with Crippen molar-refractivity contribution in [2.75, 3.05) is 13.2 Å². The van der Waals surface area contributed by atoms with Gasteiger partial charge in [0, 0.05) is 6.42 Å². The van der Waals surface area contributed by atoms with Gasteiger partial charge in [-0.3, -0.25) is 4.79 Å². The zero-order valence-corrected chi connectivity index (χ0v) is 32.6. The van der Waals surface area contributed by atoms with Gasteiger partial charge in [0.2, 0.25) is 5.91 Å². The van der Waals surface area contributed by atoms with Crippen molar-refractivity contribution in [2.45, 2.75) is 224 Å². The summed E-state index contributed by atoms with van der Waals surface area (Å²) in [5, 5.41) is 53.2. The van der Waals surface area contributed by atoms with Gasteiger partial charge in [-0.05, 0) is 32.1 Å². The molecule has 0 saturated carbocycles. The number of carbonyl (C=O) groups is 1. The number of aliphatic hydroxyl groups excluding tert-OH is 5. The van der Waals surface area contributed by atoms with E-state index < -0.39 is 49.5 Å². The van der Waals surface area contributed by atoms with Crippen LogP contribution in [-0.2, 0) is 14.3 Å². The Bertz CT molecular complexity index is 853. The van der Waals surface area contributed by atoms with E-state index in [0.29, 0.717) is 6.42 Å². The van der Waals surface area contributed by atoms with Crippen molar-refractivity contribution in [3.05, 3.63) is 24.3 Å². The van der Waals surface area contributed by atoms with Gasteiger partial charge in [-0.1, -0.05) is 167 Å². The molecule has 1 fully saturated rings. The number of allylic oxidation sites excluding steroid dienone is 3. The molecule has 1 aliphatic heterocycles. The van der Waals surface area contributed by atoms with Gasteiger partial charge in [-0.15, -0.1) is 0 Å².